The maximum absolute atomic E-state index is 12.1. The molecular formula is C12H20N4O. The zero-order valence-corrected chi connectivity index (χ0v) is 10.5. The second kappa shape index (κ2) is 5.31. The Kier molecular flexibility index (Phi) is 3.78. The van der Waals surface area contributed by atoms with Crippen molar-refractivity contribution in [3.63, 3.8) is 0 Å². The molecule has 0 radical (unpaired) electrons. The Morgan fingerprint density at radius 2 is 2.35 bits per heavy atom. The third-order valence-corrected chi connectivity index (χ3v) is 3.15. The average Bonchev–Trinajstić information content (AvgIpc) is 2.54. The van der Waals surface area contributed by atoms with Crippen molar-refractivity contribution in [1.29, 1.82) is 0 Å². The van der Waals surface area contributed by atoms with Gasteiger partial charge in [0.25, 0.3) is 0 Å². The summed E-state index contributed by atoms with van der Waals surface area (Å²) in [7, 11) is 1.85. The van der Waals surface area contributed by atoms with Crippen LogP contribution in [0.4, 0.5) is 5.69 Å². The zero-order valence-electron chi connectivity index (χ0n) is 10.5. The van der Waals surface area contributed by atoms with Crippen LogP contribution in [-0.4, -0.2) is 28.3 Å². The van der Waals surface area contributed by atoms with E-state index in [4.69, 9.17) is 0 Å². The first-order chi connectivity index (χ1) is 8.16. The molecule has 2 N–H and O–H groups in total. The molecule has 1 aromatic rings. The molecule has 1 saturated heterocycles. The summed E-state index contributed by atoms with van der Waals surface area (Å²) in [6.45, 7) is 2.83. The molecule has 0 saturated carbocycles. The molecule has 1 amide bonds. The lowest BCUT2D eigenvalue weighted by Crippen LogP contribution is -2.39. The summed E-state index contributed by atoms with van der Waals surface area (Å²) in [5.74, 6) is 0.0583. The van der Waals surface area contributed by atoms with Gasteiger partial charge in [0.1, 0.15) is 0 Å². The first-order valence-electron chi connectivity index (χ1n) is 6.21. The van der Waals surface area contributed by atoms with E-state index in [-0.39, 0.29) is 11.9 Å². The van der Waals surface area contributed by atoms with E-state index < -0.39 is 0 Å². The van der Waals surface area contributed by atoms with Gasteiger partial charge in [0.05, 0.1) is 17.4 Å². The number of nitrogens with one attached hydrogen (secondary N) is 2. The molecule has 2 heterocycles. The van der Waals surface area contributed by atoms with Gasteiger partial charge in [0.15, 0.2) is 0 Å². The van der Waals surface area contributed by atoms with Crippen LogP contribution in [0.3, 0.4) is 0 Å². The highest BCUT2D eigenvalue weighted by Crippen LogP contribution is 2.14. The second-order valence-corrected chi connectivity index (χ2v) is 4.65. The fourth-order valence-corrected chi connectivity index (χ4v) is 2.19. The predicted octanol–water partition coefficient (Wildman–Crippen LogP) is 1.20. The van der Waals surface area contributed by atoms with Crippen LogP contribution in [-0.2, 0) is 11.8 Å². The molecule has 1 unspecified atom stereocenters. The number of nitrogens with zero attached hydrogens (tertiary/aromatic N) is 2. The summed E-state index contributed by atoms with van der Waals surface area (Å²) in [5.41, 5.74) is 1.66. The maximum Gasteiger partial charge on any atom is 0.241 e. The quantitative estimate of drug-likeness (QED) is 0.811. The average molecular weight is 236 g/mol. The zero-order chi connectivity index (χ0) is 12.3. The van der Waals surface area contributed by atoms with Crippen LogP contribution < -0.4 is 10.6 Å². The van der Waals surface area contributed by atoms with Gasteiger partial charge in [0.2, 0.25) is 5.91 Å². The minimum absolute atomic E-state index is 0.0582. The number of carbonyl (C=O) groups excluding carboxylic acids is 1. The summed E-state index contributed by atoms with van der Waals surface area (Å²) in [5, 5.41) is 10.4. The third-order valence-electron chi connectivity index (χ3n) is 3.15. The Labute approximate surface area is 102 Å². The number of amides is 1. The molecule has 5 nitrogen and oxygen atoms in total. The minimum Gasteiger partial charge on any atom is -0.322 e. The van der Waals surface area contributed by atoms with Gasteiger partial charge in [-0.05, 0) is 26.3 Å². The molecule has 0 bridgehead atoms. The SMILES string of the molecule is Cc1nn(C)cc1NC(=O)C1CCCCCN1. The molecule has 0 aliphatic carbocycles. The number of rotatable bonds is 2. The van der Waals surface area contributed by atoms with Gasteiger partial charge in [-0.3, -0.25) is 9.48 Å². The lowest BCUT2D eigenvalue weighted by molar-refractivity contribution is -0.118. The molecule has 0 aromatic carbocycles. The molecule has 94 valence electrons. The van der Waals surface area contributed by atoms with E-state index in [1.807, 2.05) is 20.2 Å². The van der Waals surface area contributed by atoms with Crippen molar-refractivity contribution in [1.82, 2.24) is 15.1 Å². The molecule has 5 heteroatoms. The van der Waals surface area contributed by atoms with Crippen LogP contribution in [0.1, 0.15) is 31.4 Å². The van der Waals surface area contributed by atoms with Crippen molar-refractivity contribution in [3.05, 3.63) is 11.9 Å². The van der Waals surface area contributed by atoms with Crippen molar-refractivity contribution >= 4 is 11.6 Å². The van der Waals surface area contributed by atoms with Crippen molar-refractivity contribution in [2.75, 3.05) is 11.9 Å². The van der Waals surface area contributed by atoms with Crippen molar-refractivity contribution in [2.24, 2.45) is 7.05 Å². The molecule has 2 rings (SSSR count). The van der Waals surface area contributed by atoms with Crippen LogP contribution in [0.25, 0.3) is 0 Å². The van der Waals surface area contributed by atoms with Crippen LogP contribution in [0, 0.1) is 6.92 Å². The highest BCUT2D eigenvalue weighted by atomic mass is 16.2. The summed E-state index contributed by atoms with van der Waals surface area (Å²) >= 11 is 0. The van der Waals surface area contributed by atoms with Crippen molar-refractivity contribution in [2.45, 2.75) is 38.6 Å². The number of hydrogen-bond donors (Lipinski definition) is 2. The molecule has 1 aliphatic heterocycles. The van der Waals surface area contributed by atoms with Crippen LogP contribution >= 0.6 is 0 Å². The molecule has 1 atom stereocenters. The highest BCUT2D eigenvalue weighted by molar-refractivity contribution is 5.95. The van der Waals surface area contributed by atoms with E-state index in [0.29, 0.717) is 0 Å². The maximum atomic E-state index is 12.1. The smallest absolute Gasteiger partial charge is 0.241 e. The molecule has 1 aliphatic rings. The van der Waals surface area contributed by atoms with E-state index in [9.17, 15) is 4.79 Å². The van der Waals surface area contributed by atoms with E-state index in [1.54, 1.807) is 4.68 Å². The van der Waals surface area contributed by atoms with Crippen molar-refractivity contribution in [3.8, 4) is 0 Å². The van der Waals surface area contributed by atoms with Gasteiger partial charge in [-0.1, -0.05) is 12.8 Å². The van der Waals surface area contributed by atoms with Gasteiger partial charge in [-0.2, -0.15) is 5.10 Å². The third kappa shape index (κ3) is 3.06. The minimum atomic E-state index is -0.0582. The Morgan fingerprint density at radius 3 is 3.06 bits per heavy atom. The summed E-state index contributed by atoms with van der Waals surface area (Å²) in [4.78, 5) is 12.1. The Balaban J connectivity index is 1.98. The van der Waals surface area contributed by atoms with E-state index in [1.165, 1.54) is 6.42 Å². The lowest BCUT2D eigenvalue weighted by atomic mass is 10.1. The molecule has 1 aromatic heterocycles. The van der Waals surface area contributed by atoms with Crippen LogP contribution in [0.2, 0.25) is 0 Å². The Bertz CT molecular complexity index is 391. The summed E-state index contributed by atoms with van der Waals surface area (Å²) < 4.78 is 1.71. The number of aryl methyl sites for hydroxylation is 2. The monoisotopic (exact) mass is 236 g/mol. The van der Waals surface area contributed by atoms with Gasteiger partial charge in [0, 0.05) is 13.2 Å². The van der Waals surface area contributed by atoms with Gasteiger partial charge in [-0.25, -0.2) is 0 Å². The Morgan fingerprint density at radius 1 is 1.53 bits per heavy atom. The number of hydrogen-bond acceptors (Lipinski definition) is 3. The Hall–Kier alpha value is -1.36. The normalized spacial score (nSPS) is 20.9. The van der Waals surface area contributed by atoms with E-state index in [0.717, 1.165) is 37.2 Å². The number of carbonyl (C=O) groups is 1. The van der Waals surface area contributed by atoms with E-state index in [2.05, 4.69) is 15.7 Å². The fraction of sp³-hybridized carbons (Fsp3) is 0.667. The van der Waals surface area contributed by atoms with E-state index >= 15 is 0 Å². The van der Waals surface area contributed by atoms with Crippen molar-refractivity contribution < 1.29 is 4.79 Å². The van der Waals surface area contributed by atoms with Crippen LogP contribution in [0.5, 0.6) is 0 Å². The van der Waals surface area contributed by atoms with Gasteiger partial charge in [-0.15, -0.1) is 0 Å². The fourth-order valence-electron chi connectivity index (χ4n) is 2.19. The standard InChI is InChI=1S/C12H20N4O/c1-9-11(8-16(2)15-9)14-12(17)10-6-4-3-5-7-13-10/h8,10,13H,3-7H2,1-2H3,(H,14,17). The summed E-state index contributed by atoms with van der Waals surface area (Å²) in [6.07, 6.45) is 6.25. The first kappa shape index (κ1) is 12.1. The van der Waals surface area contributed by atoms with Crippen LogP contribution in [0.15, 0.2) is 6.20 Å². The number of anilines is 1. The number of aromatic nitrogens is 2. The predicted molar refractivity (Wildman–Crippen MR) is 66.8 cm³/mol. The van der Waals surface area contributed by atoms with Gasteiger partial charge < -0.3 is 10.6 Å². The molecule has 0 spiro atoms. The topological polar surface area (TPSA) is 59.0 Å². The molecular weight excluding hydrogens is 216 g/mol. The highest BCUT2D eigenvalue weighted by Gasteiger charge is 2.20. The first-order valence-corrected chi connectivity index (χ1v) is 6.21. The largest absolute Gasteiger partial charge is 0.322 e. The molecule has 17 heavy (non-hydrogen) atoms. The summed E-state index contributed by atoms with van der Waals surface area (Å²) in [6, 6.07) is -0.0582. The second-order valence-electron chi connectivity index (χ2n) is 4.65. The van der Waals surface area contributed by atoms with Gasteiger partial charge >= 0.3 is 0 Å². The molecule has 1 fully saturated rings. The lowest BCUT2D eigenvalue weighted by Gasteiger charge is -2.14.